The molecule has 1 heterocycles. The summed E-state index contributed by atoms with van der Waals surface area (Å²) >= 11 is 0. The number of hydrogen-bond acceptors (Lipinski definition) is 3. The molecule has 0 radical (unpaired) electrons. The number of nitrogens with zero attached hydrogens (tertiary/aromatic N) is 1. The number of carbonyl (C=O) groups excluding carboxylic acids is 1. The lowest BCUT2D eigenvalue weighted by atomic mass is 10.0. The Balaban J connectivity index is 1.67. The summed E-state index contributed by atoms with van der Waals surface area (Å²) in [5.74, 6) is 0.499. The van der Waals surface area contributed by atoms with Gasteiger partial charge in [0.05, 0.1) is 0 Å². The molecule has 4 nitrogen and oxygen atoms in total. The van der Waals surface area contributed by atoms with Crippen LogP contribution in [0.15, 0.2) is 54.6 Å². The van der Waals surface area contributed by atoms with Crippen LogP contribution in [0, 0.1) is 0 Å². The molecule has 0 aliphatic carbocycles. The van der Waals surface area contributed by atoms with Gasteiger partial charge in [-0.1, -0.05) is 54.6 Å². The highest BCUT2D eigenvalue weighted by atomic mass is 32.2. The molecule has 1 saturated heterocycles. The second-order valence-corrected chi connectivity index (χ2v) is 7.34. The Morgan fingerprint density at radius 2 is 1.67 bits per heavy atom. The average molecular weight is 342 g/mol. The zero-order chi connectivity index (χ0) is 16.8. The number of carbonyl (C=O) groups is 1. The van der Waals surface area contributed by atoms with Crippen LogP contribution >= 0.6 is 0 Å². The predicted octanol–water partition coefficient (Wildman–Crippen LogP) is 2.03. The third-order valence-electron chi connectivity index (χ3n) is 4.17. The number of amides is 1. The van der Waals surface area contributed by atoms with Gasteiger partial charge >= 0.3 is 0 Å². The summed E-state index contributed by atoms with van der Waals surface area (Å²) in [6.07, 6.45) is 0. The van der Waals surface area contributed by atoms with E-state index >= 15 is 0 Å². The molecule has 24 heavy (non-hydrogen) atoms. The molecule has 0 aromatic heterocycles. The van der Waals surface area contributed by atoms with Gasteiger partial charge in [-0.2, -0.15) is 0 Å². The molecule has 5 heteroatoms. The molecule has 1 unspecified atom stereocenters. The van der Waals surface area contributed by atoms with Crippen LogP contribution in [0.4, 0.5) is 0 Å². The second-order valence-electron chi connectivity index (χ2n) is 5.88. The zero-order valence-electron chi connectivity index (χ0n) is 13.6. The van der Waals surface area contributed by atoms with Crippen molar-refractivity contribution >= 4 is 16.7 Å². The lowest BCUT2D eigenvalue weighted by molar-refractivity contribution is -0.128. The molecule has 2 aromatic carbocycles. The van der Waals surface area contributed by atoms with Crippen LogP contribution in [-0.2, 0) is 21.3 Å². The van der Waals surface area contributed by atoms with Gasteiger partial charge in [0.1, 0.15) is 5.75 Å². The molecule has 0 spiro atoms. The first-order chi connectivity index (χ1) is 11.7. The Kier molecular flexibility index (Phi) is 5.77. The molecule has 1 N–H and O–H groups in total. The van der Waals surface area contributed by atoms with Crippen molar-refractivity contribution in [1.29, 1.82) is 0 Å². The molecule has 1 aliphatic heterocycles. The number of rotatable bonds is 5. The fourth-order valence-corrected chi connectivity index (χ4v) is 4.07. The van der Waals surface area contributed by atoms with E-state index < -0.39 is 10.8 Å². The minimum absolute atomic E-state index is 0.00738. The molecule has 1 atom stereocenters. The lowest BCUT2D eigenvalue weighted by Gasteiger charge is -2.27. The summed E-state index contributed by atoms with van der Waals surface area (Å²) in [5.41, 5.74) is 3.22. The highest BCUT2D eigenvalue weighted by molar-refractivity contribution is 7.84. The SMILES string of the molecule is O=C(CS(=O)Cc1ccccc1-c1ccccc1)N1CCNCC1. The predicted molar refractivity (Wildman–Crippen MR) is 98.0 cm³/mol. The van der Waals surface area contributed by atoms with E-state index in [4.69, 9.17) is 0 Å². The quantitative estimate of drug-likeness (QED) is 0.905. The van der Waals surface area contributed by atoms with Gasteiger partial charge in [0.2, 0.25) is 5.91 Å². The first-order valence-corrected chi connectivity index (χ1v) is 9.69. The molecule has 126 valence electrons. The smallest absolute Gasteiger partial charge is 0.235 e. The third-order valence-corrected chi connectivity index (χ3v) is 5.37. The third kappa shape index (κ3) is 4.30. The molecule has 1 fully saturated rings. The Hall–Kier alpha value is -1.98. The molecule has 3 rings (SSSR count). The van der Waals surface area contributed by atoms with Gasteiger partial charge in [-0.05, 0) is 16.7 Å². The minimum Gasteiger partial charge on any atom is -0.339 e. The van der Waals surface area contributed by atoms with E-state index in [0.29, 0.717) is 18.8 Å². The van der Waals surface area contributed by atoms with Gasteiger partial charge in [-0.15, -0.1) is 0 Å². The number of nitrogens with one attached hydrogen (secondary N) is 1. The van der Waals surface area contributed by atoms with Crippen LogP contribution < -0.4 is 5.32 Å². The standard InChI is InChI=1S/C19H22N2O2S/c22-19(21-12-10-20-11-13-21)15-24(23)14-17-8-4-5-9-18(17)16-6-2-1-3-7-16/h1-9,20H,10-15H2. The molecule has 0 bridgehead atoms. The lowest BCUT2D eigenvalue weighted by Crippen LogP contribution is -2.47. The van der Waals surface area contributed by atoms with Crippen LogP contribution in [0.25, 0.3) is 11.1 Å². The Bertz CT molecular complexity index is 712. The van der Waals surface area contributed by atoms with E-state index in [-0.39, 0.29) is 11.7 Å². The van der Waals surface area contributed by atoms with Gasteiger partial charge in [0.15, 0.2) is 0 Å². The van der Waals surface area contributed by atoms with Crippen LogP contribution in [0.3, 0.4) is 0 Å². The monoisotopic (exact) mass is 342 g/mol. The molecule has 2 aromatic rings. The first kappa shape index (κ1) is 16.9. The van der Waals surface area contributed by atoms with Crippen molar-refractivity contribution in [1.82, 2.24) is 10.2 Å². The summed E-state index contributed by atoms with van der Waals surface area (Å²) in [6.45, 7) is 3.04. The second kappa shape index (κ2) is 8.22. The zero-order valence-corrected chi connectivity index (χ0v) is 14.4. The molecule has 1 amide bonds. The topological polar surface area (TPSA) is 49.4 Å². The Labute approximate surface area is 145 Å². The molecular formula is C19H22N2O2S. The minimum atomic E-state index is -1.20. The number of piperazine rings is 1. The maximum absolute atomic E-state index is 12.5. The van der Waals surface area contributed by atoms with E-state index in [2.05, 4.69) is 5.32 Å². The van der Waals surface area contributed by atoms with E-state index in [9.17, 15) is 9.00 Å². The van der Waals surface area contributed by atoms with Crippen molar-refractivity contribution in [2.75, 3.05) is 31.9 Å². The van der Waals surface area contributed by atoms with E-state index in [1.807, 2.05) is 54.6 Å². The summed E-state index contributed by atoms with van der Waals surface area (Å²) < 4.78 is 12.5. The fourth-order valence-electron chi connectivity index (χ4n) is 2.91. The molecule has 0 saturated carbocycles. The Morgan fingerprint density at radius 1 is 1.00 bits per heavy atom. The summed E-state index contributed by atoms with van der Waals surface area (Å²) in [5, 5.41) is 3.22. The van der Waals surface area contributed by atoms with Crippen molar-refractivity contribution in [3.8, 4) is 11.1 Å². The molecular weight excluding hydrogens is 320 g/mol. The van der Waals surface area contributed by atoms with Gasteiger partial charge in [0, 0.05) is 42.7 Å². The van der Waals surface area contributed by atoms with Crippen molar-refractivity contribution in [2.24, 2.45) is 0 Å². The first-order valence-electron chi connectivity index (χ1n) is 8.21. The van der Waals surface area contributed by atoms with E-state index in [0.717, 1.165) is 29.8 Å². The maximum atomic E-state index is 12.5. The van der Waals surface area contributed by atoms with Crippen molar-refractivity contribution in [2.45, 2.75) is 5.75 Å². The van der Waals surface area contributed by atoms with E-state index in [1.165, 1.54) is 0 Å². The van der Waals surface area contributed by atoms with E-state index in [1.54, 1.807) is 4.90 Å². The summed E-state index contributed by atoms with van der Waals surface area (Å²) in [6, 6.07) is 18.1. The Morgan fingerprint density at radius 3 is 2.42 bits per heavy atom. The number of hydrogen-bond donors (Lipinski definition) is 1. The molecule has 1 aliphatic rings. The van der Waals surface area contributed by atoms with Gasteiger partial charge in [0.25, 0.3) is 0 Å². The van der Waals surface area contributed by atoms with Crippen molar-refractivity contribution in [3.63, 3.8) is 0 Å². The maximum Gasteiger partial charge on any atom is 0.235 e. The number of benzene rings is 2. The normalized spacial score (nSPS) is 15.9. The van der Waals surface area contributed by atoms with Crippen LogP contribution in [0.1, 0.15) is 5.56 Å². The van der Waals surface area contributed by atoms with Gasteiger partial charge < -0.3 is 10.2 Å². The van der Waals surface area contributed by atoms with Crippen LogP contribution in [-0.4, -0.2) is 46.9 Å². The van der Waals surface area contributed by atoms with Gasteiger partial charge in [-0.3, -0.25) is 9.00 Å². The summed E-state index contributed by atoms with van der Waals surface area (Å²) in [4.78, 5) is 14.1. The average Bonchev–Trinajstić information content (AvgIpc) is 2.63. The van der Waals surface area contributed by atoms with Crippen molar-refractivity contribution < 1.29 is 9.00 Å². The van der Waals surface area contributed by atoms with Crippen LogP contribution in [0.2, 0.25) is 0 Å². The largest absolute Gasteiger partial charge is 0.339 e. The van der Waals surface area contributed by atoms with Gasteiger partial charge in [-0.25, -0.2) is 0 Å². The highest BCUT2D eigenvalue weighted by Gasteiger charge is 2.19. The summed E-state index contributed by atoms with van der Waals surface area (Å²) in [7, 11) is -1.20. The van der Waals surface area contributed by atoms with Crippen LogP contribution in [0.5, 0.6) is 0 Å². The fraction of sp³-hybridized carbons (Fsp3) is 0.316. The van der Waals surface area contributed by atoms with Crippen molar-refractivity contribution in [3.05, 3.63) is 60.2 Å². The highest BCUT2D eigenvalue weighted by Crippen LogP contribution is 2.24.